The van der Waals surface area contributed by atoms with Crippen molar-refractivity contribution in [1.29, 1.82) is 0 Å². The Kier molecular flexibility index (Phi) is 6.24. The molecule has 2 heteroatoms. The molecule has 0 amide bonds. The normalized spacial score (nSPS) is 15.8. The molecule has 1 nitrogen and oxygen atoms in total. The number of aliphatic imine (C=N–C) groups is 1. The third-order valence-corrected chi connectivity index (χ3v) is 1.51. The second-order valence-electron chi connectivity index (χ2n) is 2.75. The first kappa shape index (κ1) is 10.7. The molecule has 0 aliphatic rings. The van der Waals surface area contributed by atoms with E-state index >= 15 is 0 Å². The van der Waals surface area contributed by atoms with Gasteiger partial charge in [-0.3, -0.25) is 4.99 Å². The van der Waals surface area contributed by atoms with Gasteiger partial charge in [0.25, 0.3) is 0 Å². The monoisotopic (exact) mass is 173 g/mol. The quantitative estimate of drug-likeness (QED) is 0.457. The van der Waals surface area contributed by atoms with E-state index in [0.29, 0.717) is 11.1 Å². The number of halogens is 1. The smallest absolute Gasteiger partial charge is 0.0972 e. The van der Waals surface area contributed by atoms with Gasteiger partial charge in [0.15, 0.2) is 0 Å². The van der Waals surface area contributed by atoms with Gasteiger partial charge in [0.1, 0.15) is 0 Å². The van der Waals surface area contributed by atoms with Crippen LogP contribution in [0.15, 0.2) is 17.1 Å². The van der Waals surface area contributed by atoms with Crippen molar-refractivity contribution < 1.29 is 0 Å². The van der Waals surface area contributed by atoms with Gasteiger partial charge in [0.2, 0.25) is 0 Å². The highest BCUT2D eigenvalue weighted by Gasteiger charge is 1.96. The second-order valence-corrected chi connectivity index (χ2v) is 3.29. The van der Waals surface area contributed by atoms with Crippen LogP contribution in [0.5, 0.6) is 0 Å². The van der Waals surface area contributed by atoms with Crippen LogP contribution in [0.4, 0.5) is 0 Å². The van der Waals surface area contributed by atoms with E-state index in [1.807, 2.05) is 13.8 Å². The first-order chi connectivity index (χ1) is 5.16. The standard InChI is InChI=1S/C9H16ClN/c1-4-5-6-8(2)7-11-9(3)10/h4-5,8H,6-7H2,1-3H3. The van der Waals surface area contributed by atoms with Crippen LogP contribution in [0.1, 0.15) is 27.2 Å². The number of allylic oxidation sites excluding steroid dienone is 2. The average molecular weight is 174 g/mol. The van der Waals surface area contributed by atoms with Crippen LogP contribution in [0.3, 0.4) is 0 Å². The van der Waals surface area contributed by atoms with E-state index in [1.165, 1.54) is 0 Å². The molecule has 0 aliphatic heterocycles. The fourth-order valence-electron chi connectivity index (χ4n) is 0.725. The lowest BCUT2D eigenvalue weighted by molar-refractivity contribution is 0.607. The summed E-state index contributed by atoms with van der Waals surface area (Å²) >= 11 is 5.59. The molecule has 64 valence electrons. The van der Waals surface area contributed by atoms with Gasteiger partial charge in [-0.15, -0.1) is 0 Å². The van der Waals surface area contributed by atoms with Gasteiger partial charge in [-0.05, 0) is 26.2 Å². The van der Waals surface area contributed by atoms with Crippen LogP contribution in [-0.2, 0) is 0 Å². The zero-order valence-electron chi connectivity index (χ0n) is 7.47. The zero-order valence-corrected chi connectivity index (χ0v) is 8.23. The van der Waals surface area contributed by atoms with Gasteiger partial charge in [-0.2, -0.15) is 0 Å². The van der Waals surface area contributed by atoms with Gasteiger partial charge in [-0.1, -0.05) is 30.7 Å². The van der Waals surface area contributed by atoms with E-state index in [0.717, 1.165) is 13.0 Å². The summed E-state index contributed by atoms with van der Waals surface area (Å²) in [5, 5.41) is 0.650. The maximum absolute atomic E-state index is 5.59. The van der Waals surface area contributed by atoms with E-state index < -0.39 is 0 Å². The highest BCUT2D eigenvalue weighted by atomic mass is 35.5. The van der Waals surface area contributed by atoms with Crippen molar-refractivity contribution in [2.45, 2.75) is 27.2 Å². The van der Waals surface area contributed by atoms with Crippen LogP contribution >= 0.6 is 11.6 Å². The molecule has 0 aromatic heterocycles. The third-order valence-electron chi connectivity index (χ3n) is 1.39. The van der Waals surface area contributed by atoms with Gasteiger partial charge in [-0.25, -0.2) is 0 Å². The predicted octanol–water partition coefficient (Wildman–Crippen LogP) is 3.25. The van der Waals surface area contributed by atoms with Crippen LogP contribution in [0, 0.1) is 5.92 Å². The molecule has 0 saturated heterocycles. The van der Waals surface area contributed by atoms with Crippen molar-refractivity contribution >= 4 is 16.8 Å². The van der Waals surface area contributed by atoms with Crippen molar-refractivity contribution in [2.24, 2.45) is 10.9 Å². The lowest BCUT2D eigenvalue weighted by atomic mass is 10.1. The van der Waals surface area contributed by atoms with E-state index in [1.54, 1.807) is 0 Å². The Bertz CT molecular complexity index is 146. The molecular weight excluding hydrogens is 158 g/mol. The lowest BCUT2D eigenvalue weighted by Gasteiger charge is -2.03. The molecule has 0 radical (unpaired) electrons. The molecule has 11 heavy (non-hydrogen) atoms. The second kappa shape index (κ2) is 6.41. The van der Waals surface area contributed by atoms with Crippen LogP contribution in [0.2, 0.25) is 0 Å². The van der Waals surface area contributed by atoms with Crippen molar-refractivity contribution in [1.82, 2.24) is 0 Å². The molecule has 1 unspecified atom stereocenters. The number of hydrogen-bond donors (Lipinski definition) is 0. The van der Waals surface area contributed by atoms with E-state index in [4.69, 9.17) is 11.6 Å². The van der Waals surface area contributed by atoms with Gasteiger partial charge < -0.3 is 0 Å². The summed E-state index contributed by atoms with van der Waals surface area (Å²) in [6, 6.07) is 0. The zero-order chi connectivity index (χ0) is 8.69. The molecule has 0 bridgehead atoms. The van der Waals surface area contributed by atoms with Crippen molar-refractivity contribution in [3.05, 3.63) is 12.2 Å². The first-order valence-electron chi connectivity index (χ1n) is 3.94. The summed E-state index contributed by atoms with van der Waals surface area (Å²) in [7, 11) is 0. The van der Waals surface area contributed by atoms with Crippen molar-refractivity contribution in [3.8, 4) is 0 Å². The molecular formula is C9H16ClN. The minimum absolute atomic E-state index is 0.597. The predicted molar refractivity (Wildman–Crippen MR) is 52.4 cm³/mol. The molecule has 0 spiro atoms. The van der Waals surface area contributed by atoms with Crippen molar-refractivity contribution in [3.63, 3.8) is 0 Å². The fraction of sp³-hybridized carbons (Fsp3) is 0.667. The van der Waals surface area contributed by atoms with Gasteiger partial charge in [0.05, 0.1) is 5.17 Å². The molecule has 0 rings (SSSR count). The summed E-state index contributed by atoms with van der Waals surface area (Å²) < 4.78 is 0. The van der Waals surface area contributed by atoms with Crippen LogP contribution < -0.4 is 0 Å². The maximum atomic E-state index is 5.59. The summed E-state index contributed by atoms with van der Waals surface area (Å²) in [4.78, 5) is 4.13. The Labute approximate surface area is 74.2 Å². The molecule has 0 aromatic carbocycles. The average Bonchev–Trinajstić information content (AvgIpc) is 1.97. The Hall–Kier alpha value is -0.300. The summed E-state index contributed by atoms with van der Waals surface area (Å²) in [5.74, 6) is 0.597. The Morgan fingerprint density at radius 2 is 2.27 bits per heavy atom. The summed E-state index contributed by atoms with van der Waals surface area (Å²) in [6.45, 7) is 6.84. The molecule has 0 N–H and O–H groups in total. The van der Waals surface area contributed by atoms with Crippen molar-refractivity contribution in [2.75, 3.05) is 6.54 Å². The SMILES string of the molecule is CC=CCC(C)CN=C(C)Cl. The molecule has 0 aromatic rings. The van der Waals surface area contributed by atoms with E-state index in [9.17, 15) is 0 Å². The number of hydrogen-bond acceptors (Lipinski definition) is 1. The van der Waals surface area contributed by atoms with Gasteiger partial charge in [0, 0.05) is 6.54 Å². The molecule has 0 aliphatic carbocycles. The topological polar surface area (TPSA) is 12.4 Å². The highest BCUT2D eigenvalue weighted by Crippen LogP contribution is 2.03. The largest absolute Gasteiger partial charge is 0.278 e. The minimum atomic E-state index is 0.597. The van der Waals surface area contributed by atoms with E-state index in [2.05, 4.69) is 24.1 Å². The molecule has 0 fully saturated rings. The summed E-state index contributed by atoms with van der Waals surface area (Å²) in [5.41, 5.74) is 0. The van der Waals surface area contributed by atoms with Gasteiger partial charge >= 0.3 is 0 Å². The molecule has 0 heterocycles. The first-order valence-corrected chi connectivity index (χ1v) is 4.32. The lowest BCUT2D eigenvalue weighted by Crippen LogP contribution is -1.98. The highest BCUT2D eigenvalue weighted by molar-refractivity contribution is 6.64. The van der Waals surface area contributed by atoms with E-state index in [-0.39, 0.29) is 0 Å². The van der Waals surface area contributed by atoms with Crippen LogP contribution in [0.25, 0.3) is 0 Å². The maximum Gasteiger partial charge on any atom is 0.0972 e. The van der Waals surface area contributed by atoms with Crippen LogP contribution in [-0.4, -0.2) is 11.7 Å². The number of nitrogens with zero attached hydrogens (tertiary/aromatic N) is 1. The number of rotatable bonds is 4. The molecule has 1 atom stereocenters. The minimum Gasteiger partial charge on any atom is -0.278 e. The summed E-state index contributed by atoms with van der Waals surface area (Å²) in [6.07, 6.45) is 5.31. The third kappa shape index (κ3) is 7.60. The Morgan fingerprint density at radius 1 is 1.64 bits per heavy atom. The Morgan fingerprint density at radius 3 is 2.73 bits per heavy atom. The molecule has 0 saturated carbocycles. The Balaban J connectivity index is 3.52. The fourth-order valence-corrected chi connectivity index (χ4v) is 0.794.